The largest absolute Gasteiger partial charge is 0.478 e. The van der Waals surface area contributed by atoms with E-state index in [2.05, 4.69) is 16.5 Å². The number of aryl methyl sites for hydroxylation is 1. The third-order valence-corrected chi connectivity index (χ3v) is 5.27. The molecule has 0 amide bonds. The SMILES string of the molecule is Cc1nn2c(c1-c1ccc(C(=O)O)cc1)NC(c1ccc(C#N)cc1)C(C)C2=O. The first-order valence-corrected chi connectivity index (χ1v) is 9.15. The minimum atomic E-state index is -0.992. The van der Waals surface area contributed by atoms with E-state index in [1.165, 1.54) is 16.8 Å². The number of hydrogen-bond acceptors (Lipinski definition) is 5. The lowest BCUT2D eigenvalue weighted by molar-refractivity contribution is 0.0696. The van der Waals surface area contributed by atoms with Crippen LogP contribution < -0.4 is 5.32 Å². The number of nitrogens with zero attached hydrogens (tertiary/aromatic N) is 3. The Morgan fingerprint density at radius 2 is 1.83 bits per heavy atom. The van der Waals surface area contributed by atoms with Gasteiger partial charge in [0.15, 0.2) is 0 Å². The van der Waals surface area contributed by atoms with Crippen molar-refractivity contribution in [3.8, 4) is 17.2 Å². The van der Waals surface area contributed by atoms with Crippen LogP contribution in [0.5, 0.6) is 0 Å². The minimum Gasteiger partial charge on any atom is -0.478 e. The Balaban J connectivity index is 1.78. The number of aromatic carboxylic acids is 1. The van der Waals surface area contributed by atoms with Gasteiger partial charge in [0.2, 0.25) is 0 Å². The molecule has 0 bridgehead atoms. The number of nitrogens with one attached hydrogen (secondary N) is 1. The normalized spacial score (nSPS) is 17.9. The van der Waals surface area contributed by atoms with Gasteiger partial charge in [-0.1, -0.05) is 31.2 Å². The lowest BCUT2D eigenvalue weighted by Crippen LogP contribution is -2.36. The number of hydrogen-bond donors (Lipinski definition) is 2. The standard InChI is InChI=1S/C22H18N4O3/c1-12-19(16-5-3-14(11-23)4-6-16)24-20-18(13(2)25-26(20)21(12)27)15-7-9-17(10-8-15)22(28)29/h3-10,12,19,24H,1-2H3,(H,28,29). The predicted molar refractivity (Wildman–Crippen MR) is 107 cm³/mol. The van der Waals surface area contributed by atoms with Gasteiger partial charge in [0.25, 0.3) is 5.91 Å². The molecule has 2 unspecified atom stereocenters. The average Bonchev–Trinajstić information content (AvgIpc) is 3.07. The van der Waals surface area contributed by atoms with Gasteiger partial charge in [0, 0.05) is 5.56 Å². The Hall–Kier alpha value is -3.92. The fourth-order valence-electron chi connectivity index (χ4n) is 3.69. The first-order valence-electron chi connectivity index (χ1n) is 9.15. The molecule has 0 fully saturated rings. The van der Waals surface area contributed by atoms with Crippen molar-refractivity contribution in [1.82, 2.24) is 9.78 Å². The lowest BCUT2D eigenvalue weighted by atomic mass is 9.91. The van der Waals surface area contributed by atoms with E-state index < -0.39 is 5.97 Å². The highest BCUT2D eigenvalue weighted by Crippen LogP contribution is 2.40. The fourth-order valence-corrected chi connectivity index (χ4v) is 3.69. The molecule has 2 aromatic carbocycles. The maximum Gasteiger partial charge on any atom is 0.335 e. The summed E-state index contributed by atoms with van der Waals surface area (Å²) in [7, 11) is 0. The second kappa shape index (κ2) is 6.91. The summed E-state index contributed by atoms with van der Waals surface area (Å²) in [5.74, 6) is -0.877. The fraction of sp³-hybridized carbons (Fsp3) is 0.182. The Kier molecular flexibility index (Phi) is 4.40. The molecule has 0 radical (unpaired) electrons. The maximum absolute atomic E-state index is 13.0. The molecular formula is C22H18N4O3. The number of nitriles is 1. The maximum atomic E-state index is 13.0. The van der Waals surface area contributed by atoms with Crippen molar-refractivity contribution in [1.29, 1.82) is 5.26 Å². The molecule has 144 valence electrons. The number of anilines is 1. The van der Waals surface area contributed by atoms with Crippen molar-refractivity contribution in [2.45, 2.75) is 19.9 Å². The van der Waals surface area contributed by atoms with Crippen LogP contribution >= 0.6 is 0 Å². The van der Waals surface area contributed by atoms with Gasteiger partial charge in [-0.3, -0.25) is 4.79 Å². The van der Waals surface area contributed by atoms with E-state index in [0.29, 0.717) is 17.1 Å². The molecule has 0 aliphatic carbocycles. The first-order chi connectivity index (χ1) is 13.9. The quantitative estimate of drug-likeness (QED) is 0.707. The summed E-state index contributed by atoms with van der Waals surface area (Å²) in [6.45, 7) is 3.67. The summed E-state index contributed by atoms with van der Waals surface area (Å²) in [6, 6.07) is 15.5. The van der Waals surface area contributed by atoms with Crippen LogP contribution in [0.15, 0.2) is 48.5 Å². The average molecular weight is 386 g/mol. The molecule has 1 aliphatic rings. The molecular weight excluding hydrogens is 368 g/mol. The molecule has 4 rings (SSSR count). The number of benzene rings is 2. The van der Waals surface area contributed by atoms with Gasteiger partial charge in [-0.15, -0.1) is 0 Å². The van der Waals surface area contributed by atoms with Crippen molar-refractivity contribution in [3.05, 3.63) is 70.9 Å². The molecule has 1 aromatic heterocycles. The van der Waals surface area contributed by atoms with Gasteiger partial charge < -0.3 is 10.4 Å². The molecule has 0 saturated carbocycles. The Bertz CT molecular complexity index is 1150. The van der Waals surface area contributed by atoms with Gasteiger partial charge in [0.05, 0.1) is 34.8 Å². The minimum absolute atomic E-state index is 0.121. The summed E-state index contributed by atoms with van der Waals surface area (Å²) < 4.78 is 1.39. The molecule has 7 nitrogen and oxygen atoms in total. The highest BCUT2D eigenvalue weighted by Gasteiger charge is 2.36. The Morgan fingerprint density at radius 3 is 2.41 bits per heavy atom. The third kappa shape index (κ3) is 3.05. The van der Waals surface area contributed by atoms with Crippen LogP contribution in [-0.4, -0.2) is 26.8 Å². The van der Waals surface area contributed by atoms with Crippen LogP contribution in [0, 0.1) is 24.2 Å². The number of aromatic nitrogens is 2. The van der Waals surface area contributed by atoms with Crippen LogP contribution in [0.1, 0.15) is 44.9 Å². The summed E-state index contributed by atoms with van der Waals surface area (Å²) in [5.41, 5.74) is 3.88. The highest BCUT2D eigenvalue weighted by atomic mass is 16.4. The monoisotopic (exact) mass is 386 g/mol. The zero-order valence-corrected chi connectivity index (χ0v) is 15.9. The van der Waals surface area contributed by atoms with Gasteiger partial charge in [-0.25, -0.2) is 4.79 Å². The molecule has 1 aliphatic heterocycles. The number of carbonyl (C=O) groups excluding carboxylic acids is 1. The molecule has 3 aromatic rings. The molecule has 7 heteroatoms. The second-order valence-electron chi connectivity index (χ2n) is 7.09. The van der Waals surface area contributed by atoms with Crippen molar-refractivity contribution < 1.29 is 14.7 Å². The highest BCUT2D eigenvalue weighted by molar-refractivity contribution is 5.93. The van der Waals surface area contributed by atoms with Gasteiger partial charge >= 0.3 is 5.97 Å². The van der Waals surface area contributed by atoms with Crippen LogP contribution in [0.4, 0.5) is 5.82 Å². The Morgan fingerprint density at radius 1 is 1.17 bits per heavy atom. The summed E-state index contributed by atoms with van der Waals surface area (Å²) in [5, 5.41) is 26.0. The summed E-state index contributed by atoms with van der Waals surface area (Å²) in [4.78, 5) is 24.1. The van der Waals surface area contributed by atoms with Gasteiger partial charge in [0.1, 0.15) is 5.82 Å². The zero-order chi connectivity index (χ0) is 20.7. The molecule has 2 heterocycles. The molecule has 0 saturated heterocycles. The molecule has 29 heavy (non-hydrogen) atoms. The van der Waals surface area contributed by atoms with E-state index in [0.717, 1.165) is 16.7 Å². The van der Waals surface area contributed by atoms with E-state index >= 15 is 0 Å². The number of carbonyl (C=O) groups is 2. The van der Waals surface area contributed by atoms with Crippen LogP contribution in [0.3, 0.4) is 0 Å². The van der Waals surface area contributed by atoms with E-state index in [-0.39, 0.29) is 23.4 Å². The summed E-state index contributed by atoms with van der Waals surface area (Å²) >= 11 is 0. The van der Waals surface area contributed by atoms with E-state index in [4.69, 9.17) is 10.4 Å². The number of carboxylic acids is 1. The molecule has 0 spiro atoms. The van der Waals surface area contributed by atoms with Crippen LogP contribution in [-0.2, 0) is 0 Å². The summed E-state index contributed by atoms with van der Waals surface area (Å²) in [6.07, 6.45) is 0. The number of rotatable bonds is 3. The van der Waals surface area contributed by atoms with Crippen LogP contribution in [0.25, 0.3) is 11.1 Å². The van der Waals surface area contributed by atoms with Crippen molar-refractivity contribution in [2.24, 2.45) is 5.92 Å². The smallest absolute Gasteiger partial charge is 0.335 e. The number of fused-ring (bicyclic) bond motifs is 1. The third-order valence-electron chi connectivity index (χ3n) is 5.27. The van der Waals surface area contributed by atoms with Crippen LogP contribution in [0.2, 0.25) is 0 Å². The van der Waals surface area contributed by atoms with E-state index in [1.54, 1.807) is 24.3 Å². The van der Waals surface area contributed by atoms with Crippen molar-refractivity contribution in [2.75, 3.05) is 5.32 Å². The first kappa shape index (κ1) is 18.4. The second-order valence-corrected chi connectivity index (χ2v) is 7.09. The topological polar surface area (TPSA) is 108 Å². The van der Waals surface area contributed by atoms with Gasteiger partial charge in [-0.2, -0.15) is 15.0 Å². The molecule has 2 N–H and O–H groups in total. The van der Waals surface area contributed by atoms with Crippen molar-refractivity contribution >= 4 is 17.7 Å². The Labute approximate surface area is 167 Å². The van der Waals surface area contributed by atoms with Crippen molar-refractivity contribution in [3.63, 3.8) is 0 Å². The van der Waals surface area contributed by atoms with E-state index in [9.17, 15) is 9.59 Å². The molecule has 2 atom stereocenters. The zero-order valence-electron chi connectivity index (χ0n) is 15.9. The van der Waals surface area contributed by atoms with E-state index in [1.807, 2.05) is 26.0 Å². The van der Waals surface area contributed by atoms with Gasteiger partial charge in [-0.05, 0) is 42.3 Å². The number of carboxylic acid groups (broad SMARTS) is 1. The predicted octanol–water partition coefficient (Wildman–Crippen LogP) is 3.87. The lowest BCUT2D eigenvalue weighted by Gasteiger charge is -2.31.